The minimum atomic E-state index is -0.912. The molecule has 0 aliphatic heterocycles. The number of rotatable bonds is 5. The molecule has 3 rings (SSSR count). The Labute approximate surface area is 152 Å². The van der Waals surface area contributed by atoms with E-state index < -0.39 is 11.6 Å². The fraction of sp³-hybridized carbons (Fsp3) is 0.222. The van der Waals surface area contributed by atoms with Crippen molar-refractivity contribution in [1.82, 2.24) is 9.88 Å². The molecule has 3 nitrogen and oxygen atoms in total. The molecule has 3 aromatic rings. The molecule has 0 spiro atoms. The number of halogens is 2. The van der Waals surface area contributed by atoms with E-state index in [0.717, 1.165) is 22.0 Å². The molecule has 0 bridgehead atoms. The maximum atomic E-state index is 13.4. The molecule has 0 aliphatic rings. The topological polar surface area (TPSA) is 33.2 Å². The first-order chi connectivity index (χ1) is 12.0. The zero-order valence-electron chi connectivity index (χ0n) is 13.7. The number of aromatic nitrogens is 1. The zero-order chi connectivity index (χ0) is 18.0. The van der Waals surface area contributed by atoms with Gasteiger partial charge in [0, 0.05) is 12.4 Å². The summed E-state index contributed by atoms with van der Waals surface area (Å²) >= 11 is 3.11. The Kier molecular flexibility index (Phi) is 5.24. The van der Waals surface area contributed by atoms with Crippen molar-refractivity contribution < 1.29 is 13.6 Å². The number of carbonyl (C=O) groups excluding carboxylic acids is 1. The van der Waals surface area contributed by atoms with E-state index in [0.29, 0.717) is 11.3 Å². The Morgan fingerprint density at radius 1 is 1.24 bits per heavy atom. The van der Waals surface area contributed by atoms with Crippen molar-refractivity contribution in [1.29, 1.82) is 0 Å². The summed E-state index contributed by atoms with van der Waals surface area (Å²) in [4.78, 5) is 19.6. The Morgan fingerprint density at radius 3 is 2.72 bits per heavy atom. The van der Waals surface area contributed by atoms with E-state index in [2.05, 4.69) is 4.98 Å². The van der Waals surface area contributed by atoms with Crippen LogP contribution in [0.15, 0.2) is 41.1 Å². The Hall–Kier alpha value is -2.12. The molecule has 1 aromatic carbocycles. The molecule has 2 aromatic heterocycles. The molecule has 0 aliphatic carbocycles. The van der Waals surface area contributed by atoms with Crippen LogP contribution in [0, 0.1) is 11.6 Å². The lowest BCUT2D eigenvalue weighted by atomic mass is 10.1. The van der Waals surface area contributed by atoms with E-state index in [4.69, 9.17) is 0 Å². The van der Waals surface area contributed by atoms with Crippen LogP contribution < -0.4 is 0 Å². The van der Waals surface area contributed by atoms with Gasteiger partial charge in [-0.25, -0.2) is 13.8 Å². The van der Waals surface area contributed by atoms with Crippen LogP contribution in [-0.4, -0.2) is 22.8 Å². The van der Waals surface area contributed by atoms with Crippen LogP contribution in [0.4, 0.5) is 8.78 Å². The summed E-state index contributed by atoms with van der Waals surface area (Å²) in [6.07, 6.45) is 0.173. The highest BCUT2D eigenvalue weighted by atomic mass is 32.1. The third kappa shape index (κ3) is 3.93. The molecule has 130 valence electrons. The molecule has 0 fully saturated rings. The lowest BCUT2D eigenvalue weighted by Crippen LogP contribution is -2.31. The monoisotopic (exact) mass is 378 g/mol. The van der Waals surface area contributed by atoms with Gasteiger partial charge >= 0.3 is 0 Å². The van der Waals surface area contributed by atoms with E-state index in [1.807, 2.05) is 22.9 Å². The number of nitrogens with zero attached hydrogens (tertiary/aromatic N) is 2. The van der Waals surface area contributed by atoms with Gasteiger partial charge < -0.3 is 4.90 Å². The summed E-state index contributed by atoms with van der Waals surface area (Å²) in [7, 11) is 1.65. The van der Waals surface area contributed by atoms with Gasteiger partial charge in [0.2, 0.25) is 5.91 Å². The van der Waals surface area contributed by atoms with Gasteiger partial charge in [0.25, 0.3) is 0 Å². The Morgan fingerprint density at radius 2 is 2.04 bits per heavy atom. The van der Waals surface area contributed by atoms with Crippen molar-refractivity contribution in [3.8, 4) is 9.88 Å². The molecule has 0 saturated heterocycles. The van der Waals surface area contributed by atoms with Crippen LogP contribution in [0.3, 0.4) is 0 Å². The number of likely N-dealkylation sites (N-methyl/N-ethyl adjacent to an activating group) is 1. The first-order valence-corrected chi connectivity index (χ1v) is 9.40. The summed E-state index contributed by atoms with van der Waals surface area (Å²) in [5, 5.41) is 4.76. The van der Waals surface area contributed by atoms with Crippen molar-refractivity contribution in [2.45, 2.75) is 19.4 Å². The highest BCUT2D eigenvalue weighted by Gasteiger charge is 2.20. The highest BCUT2D eigenvalue weighted by Crippen LogP contribution is 2.28. The maximum absolute atomic E-state index is 13.4. The molecular weight excluding hydrogens is 362 g/mol. The quantitative estimate of drug-likeness (QED) is 0.632. The molecule has 0 N–H and O–H groups in total. The van der Waals surface area contributed by atoms with Gasteiger partial charge in [-0.1, -0.05) is 12.1 Å². The van der Waals surface area contributed by atoms with Gasteiger partial charge in [-0.15, -0.1) is 22.7 Å². The van der Waals surface area contributed by atoms with Crippen LogP contribution in [0.25, 0.3) is 9.88 Å². The van der Waals surface area contributed by atoms with Crippen LogP contribution in [0.1, 0.15) is 24.2 Å². The first-order valence-electron chi connectivity index (χ1n) is 7.64. The van der Waals surface area contributed by atoms with Gasteiger partial charge in [0.15, 0.2) is 11.6 Å². The van der Waals surface area contributed by atoms with Gasteiger partial charge in [0.1, 0.15) is 5.01 Å². The normalized spacial score (nSPS) is 12.2. The second-order valence-electron chi connectivity index (χ2n) is 5.65. The number of hydrogen-bond donors (Lipinski definition) is 0. The Bertz CT molecular complexity index is 877. The summed E-state index contributed by atoms with van der Waals surface area (Å²) < 4.78 is 26.5. The van der Waals surface area contributed by atoms with E-state index in [-0.39, 0.29) is 18.4 Å². The maximum Gasteiger partial charge on any atom is 0.228 e. The van der Waals surface area contributed by atoms with Crippen molar-refractivity contribution >= 4 is 28.6 Å². The molecule has 25 heavy (non-hydrogen) atoms. The van der Waals surface area contributed by atoms with Crippen LogP contribution >= 0.6 is 22.7 Å². The molecule has 0 saturated carbocycles. The standard InChI is InChI=1S/C18H16F2N2OS2/c1-11(12-5-6-14(19)15(20)8-12)22(2)17(23)9-13-10-25-18(21-13)16-4-3-7-24-16/h3-8,10-11H,9H2,1-2H3. The van der Waals surface area contributed by atoms with Crippen molar-refractivity contribution in [3.05, 3.63) is 64.0 Å². The number of hydrogen-bond acceptors (Lipinski definition) is 4. The van der Waals surface area contributed by atoms with Crippen molar-refractivity contribution in [2.24, 2.45) is 0 Å². The average Bonchev–Trinajstić information content (AvgIpc) is 3.27. The summed E-state index contributed by atoms with van der Waals surface area (Å²) in [6.45, 7) is 1.78. The number of carbonyl (C=O) groups is 1. The minimum absolute atomic E-state index is 0.125. The summed E-state index contributed by atoms with van der Waals surface area (Å²) in [5.74, 6) is -1.93. The fourth-order valence-electron chi connectivity index (χ4n) is 2.39. The van der Waals surface area contributed by atoms with Crippen LogP contribution in [0.2, 0.25) is 0 Å². The molecule has 1 amide bonds. The van der Waals surface area contributed by atoms with Gasteiger partial charge in [-0.2, -0.15) is 0 Å². The summed E-state index contributed by atoms with van der Waals surface area (Å²) in [5.41, 5.74) is 1.26. The van der Waals surface area contributed by atoms with Crippen molar-refractivity contribution in [2.75, 3.05) is 7.05 Å². The smallest absolute Gasteiger partial charge is 0.228 e. The van der Waals surface area contributed by atoms with E-state index in [9.17, 15) is 13.6 Å². The second kappa shape index (κ2) is 7.41. The lowest BCUT2D eigenvalue weighted by molar-refractivity contribution is -0.131. The number of amides is 1. The van der Waals surface area contributed by atoms with Gasteiger partial charge in [0.05, 0.1) is 23.0 Å². The zero-order valence-corrected chi connectivity index (χ0v) is 15.3. The number of benzene rings is 1. The van der Waals surface area contributed by atoms with Crippen molar-refractivity contribution in [3.63, 3.8) is 0 Å². The first kappa shape index (κ1) is 17.7. The minimum Gasteiger partial charge on any atom is -0.339 e. The fourth-order valence-corrected chi connectivity index (χ4v) is 4.03. The SMILES string of the molecule is CC(c1ccc(F)c(F)c1)N(C)C(=O)Cc1csc(-c2cccs2)n1. The van der Waals surface area contributed by atoms with E-state index in [1.54, 1.807) is 25.3 Å². The molecule has 7 heteroatoms. The number of thiophene rings is 1. The lowest BCUT2D eigenvalue weighted by Gasteiger charge is -2.25. The molecular formula is C18H16F2N2OS2. The van der Waals surface area contributed by atoms with E-state index >= 15 is 0 Å². The number of thiazole rings is 1. The van der Waals surface area contributed by atoms with Gasteiger partial charge in [-0.3, -0.25) is 4.79 Å². The van der Waals surface area contributed by atoms with E-state index in [1.165, 1.54) is 22.3 Å². The molecule has 1 unspecified atom stereocenters. The van der Waals surface area contributed by atoms with Crippen LogP contribution in [-0.2, 0) is 11.2 Å². The third-order valence-corrected chi connectivity index (χ3v) is 5.95. The van der Waals surface area contributed by atoms with Crippen LogP contribution in [0.5, 0.6) is 0 Å². The highest BCUT2D eigenvalue weighted by molar-refractivity contribution is 7.20. The van der Waals surface area contributed by atoms with Gasteiger partial charge in [-0.05, 0) is 36.1 Å². The summed E-state index contributed by atoms with van der Waals surface area (Å²) in [6, 6.07) is 7.29. The largest absolute Gasteiger partial charge is 0.339 e. The molecule has 2 heterocycles. The molecule has 0 radical (unpaired) electrons. The average molecular weight is 378 g/mol. The molecule has 1 atom stereocenters. The second-order valence-corrected chi connectivity index (χ2v) is 7.46. The predicted octanol–water partition coefficient (Wildman–Crippen LogP) is 4.91. The third-order valence-electron chi connectivity index (χ3n) is 4.02. The predicted molar refractivity (Wildman–Crippen MR) is 96.7 cm³/mol. The Balaban J connectivity index is 1.69.